The second-order valence-electron chi connectivity index (χ2n) is 5.14. The van der Waals surface area contributed by atoms with Crippen LogP contribution in [0.25, 0.3) is 0 Å². The maximum absolute atomic E-state index is 5.68. The van der Waals surface area contributed by atoms with Gasteiger partial charge in [-0.15, -0.1) is 0 Å². The number of nitrogens with one attached hydrogen (secondary N) is 1. The van der Waals surface area contributed by atoms with Gasteiger partial charge in [0.1, 0.15) is 5.75 Å². The molecule has 2 aromatic heterocycles. The van der Waals surface area contributed by atoms with Crippen LogP contribution in [0.15, 0.2) is 30.6 Å². The summed E-state index contributed by atoms with van der Waals surface area (Å²) in [5, 5.41) is 0. The first-order chi connectivity index (χ1) is 10.2. The molecule has 5 heteroatoms. The van der Waals surface area contributed by atoms with Crippen molar-refractivity contribution in [2.45, 2.75) is 32.7 Å². The second-order valence-corrected chi connectivity index (χ2v) is 5.14. The SMILES string of the molecule is COc1c(C)cnc(CC(Cc2ccccn2)NN)c1C. The summed E-state index contributed by atoms with van der Waals surface area (Å²) in [7, 11) is 1.69. The molecule has 0 amide bonds. The highest BCUT2D eigenvalue weighted by atomic mass is 16.5. The Bertz CT molecular complexity index is 586. The van der Waals surface area contributed by atoms with Crippen molar-refractivity contribution < 1.29 is 4.74 Å². The number of hydrogen-bond donors (Lipinski definition) is 2. The van der Waals surface area contributed by atoms with Gasteiger partial charge >= 0.3 is 0 Å². The summed E-state index contributed by atoms with van der Waals surface area (Å²) in [6.07, 6.45) is 5.13. The lowest BCUT2D eigenvalue weighted by atomic mass is 10.0. The lowest BCUT2D eigenvalue weighted by Crippen LogP contribution is -2.39. The number of aromatic nitrogens is 2. The van der Waals surface area contributed by atoms with Gasteiger partial charge in [0.2, 0.25) is 0 Å². The molecule has 5 nitrogen and oxygen atoms in total. The molecule has 2 heterocycles. The van der Waals surface area contributed by atoms with E-state index in [2.05, 4.69) is 15.4 Å². The zero-order chi connectivity index (χ0) is 15.2. The number of nitrogens with two attached hydrogens (primary N) is 1. The topological polar surface area (TPSA) is 73.1 Å². The van der Waals surface area contributed by atoms with Gasteiger partial charge in [0.05, 0.1) is 7.11 Å². The molecule has 0 radical (unpaired) electrons. The van der Waals surface area contributed by atoms with Crippen LogP contribution in [0.3, 0.4) is 0 Å². The van der Waals surface area contributed by atoms with Crippen LogP contribution in [0, 0.1) is 13.8 Å². The fraction of sp³-hybridized carbons (Fsp3) is 0.375. The van der Waals surface area contributed by atoms with Gasteiger partial charge in [-0.25, -0.2) is 0 Å². The Balaban J connectivity index is 2.15. The predicted octanol–water partition coefficient (Wildman–Crippen LogP) is 1.72. The first kappa shape index (κ1) is 15.4. The van der Waals surface area contributed by atoms with E-state index in [4.69, 9.17) is 10.6 Å². The van der Waals surface area contributed by atoms with Crippen molar-refractivity contribution in [3.8, 4) is 5.75 Å². The van der Waals surface area contributed by atoms with Crippen molar-refractivity contribution in [2.24, 2.45) is 5.84 Å². The fourth-order valence-electron chi connectivity index (χ4n) is 2.47. The summed E-state index contributed by atoms with van der Waals surface area (Å²) < 4.78 is 5.45. The molecule has 0 saturated carbocycles. The average Bonchev–Trinajstić information content (AvgIpc) is 2.50. The van der Waals surface area contributed by atoms with Crippen molar-refractivity contribution >= 4 is 0 Å². The number of aryl methyl sites for hydroxylation is 1. The minimum atomic E-state index is 0.0820. The zero-order valence-corrected chi connectivity index (χ0v) is 12.8. The molecule has 0 aliphatic rings. The van der Waals surface area contributed by atoms with Crippen LogP contribution >= 0.6 is 0 Å². The number of hydrazine groups is 1. The third-order valence-corrected chi connectivity index (χ3v) is 3.61. The molecule has 0 aliphatic carbocycles. The van der Waals surface area contributed by atoms with E-state index in [0.717, 1.165) is 41.1 Å². The van der Waals surface area contributed by atoms with Crippen molar-refractivity contribution in [1.82, 2.24) is 15.4 Å². The van der Waals surface area contributed by atoms with E-state index in [1.165, 1.54) is 0 Å². The molecule has 0 saturated heterocycles. The quantitative estimate of drug-likeness (QED) is 0.625. The van der Waals surface area contributed by atoms with E-state index in [1.807, 2.05) is 38.2 Å². The lowest BCUT2D eigenvalue weighted by Gasteiger charge is -2.18. The van der Waals surface area contributed by atoms with Gasteiger partial charge in [-0.3, -0.25) is 21.2 Å². The Morgan fingerprint density at radius 1 is 1.24 bits per heavy atom. The molecular weight excluding hydrogens is 264 g/mol. The standard InChI is InChI=1S/C16H22N4O/c1-11-10-19-15(12(2)16(11)21-3)9-14(20-17)8-13-6-4-5-7-18-13/h4-7,10,14,20H,8-9,17H2,1-3H3. The molecule has 0 spiro atoms. The highest BCUT2D eigenvalue weighted by Crippen LogP contribution is 2.24. The van der Waals surface area contributed by atoms with E-state index >= 15 is 0 Å². The second kappa shape index (κ2) is 7.15. The van der Waals surface area contributed by atoms with E-state index in [9.17, 15) is 0 Å². The Morgan fingerprint density at radius 2 is 2.05 bits per heavy atom. The van der Waals surface area contributed by atoms with Crippen LogP contribution in [0.5, 0.6) is 5.75 Å². The molecule has 2 aromatic rings. The molecule has 0 bridgehead atoms. The third-order valence-electron chi connectivity index (χ3n) is 3.61. The molecule has 21 heavy (non-hydrogen) atoms. The third kappa shape index (κ3) is 3.77. The van der Waals surface area contributed by atoms with Gasteiger partial charge in [-0.1, -0.05) is 6.07 Å². The van der Waals surface area contributed by atoms with Crippen LogP contribution in [0.1, 0.15) is 22.5 Å². The number of nitrogens with zero attached hydrogens (tertiary/aromatic N) is 2. The van der Waals surface area contributed by atoms with Crippen molar-refractivity contribution in [2.75, 3.05) is 7.11 Å². The van der Waals surface area contributed by atoms with Crippen LogP contribution in [-0.2, 0) is 12.8 Å². The number of methoxy groups -OCH3 is 1. The molecule has 1 unspecified atom stereocenters. The fourth-order valence-corrected chi connectivity index (χ4v) is 2.47. The highest BCUT2D eigenvalue weighted by molar-refractivity contribution is 5.41. The summed E-state index contributed by atoms with van der Waals surface area (Å²) in [6, 6.07) is 5.97. The van der Waals surface area contributed by atoms with Gasteiger partial charge in [0, 0.05) is 53.8 Å². The number of hydrogen-bond acceptors (Lipinski definition) is 5. The molecule has 3 N–H and O–H groups in total. The molecule has 112 valence electrons. The lowest BCUT2D eigenvalue weighted by molar-refractivity contribution is 0.406. The van der Waals surface area contributed by atoms with Gasteiger partial charge in [0.15, 0.2) is 0 Å². The minimum absolute atomic E-state index is 0.0820. The van der Waals surface area contributed by atoms with Crippen LogP contribution in [0.2, 0.25) is 0 Å². The van der Waals surface area contributed by atoms with Crippen LogP contribution in [-0.4, -0.2) is 23.1 Å². The highest BCUT2D eigenvalue weighted by Gasteiger charge is 2.15. The van der Waals surface area contributed by atoms with E-state index in [-0.39, 0.29) is 6.04 Å². The number of rotatable bonds is 6. The molecule has 0 aromatic carbocycles. The van der Waals surface area contributed by atoms with Gasteiger partial charge in [0.25, 0.3) is 0 Å². The summed E-state index contributed by atoms with van der Waals surface area (Å²) in [5.74, 6) is 6.58. The first-order valence-corrected chi connectivity index (χ1v) is 7.00. The van der Waals surface area contributed by atoms with E-state index < -0.39 is 0 Å². The van der Waals surface area contributed by atoms with Crippen molar-refractivity contribution in [1.29, 1.82) is 0 Å². The Morgan fingerprint density at radius 3 is 2.67 bits per heavy atom. The normalized spacial score (nSPS) is 12.2. The Kier molecular flexibility index (Phi) is 5.25. The summed E-state index contributed by atoms with van der Waals surface area (Å²) in [6.45, 7) is 4.03. The number of pyridine rings is 2. The Hall–Kier alpha value is -1.98. The summed E-state index contributed by atoms with van der Waals surface area (Å²) >= 11 is 0. The molecule has 1 atom stereocenters. The monoisotopic (exact) mass is 286 g/mol. The van der Waals surface area contributed by atoms with Crippen molar-refractivity contribution in [3.05, 3.63) is 53.1 Å². The summed E-state index contributed by atoms with van der Waals surface area (Å²) in [4.78, 5) is 8.86. The maximum atomic E-state index is 5.68. The van der Waals surface area contributed by atoms with Gasteiger partial charge in [-0.2, -0.15) is 0 Å². The number of ether oxygens (including phenoxy) is 1. The Labute approximate surface area is 125 Å². The van der Waals surface area contributed by atoms with Gasteiger partial charge < -0.3 is 4.74 Å². The van der Waals surface area contributed by atoms with Crippen LogP contribution in [0.4, 0.5) is 0 Å². The maximum Gasteiger partial charge on any atom is 0.128 e. The molecule has 2 rings (SSSR count). The van der Waals surface area contributed by atoms with E-state index in [0.29, 0.717) is 0 Å². The molecular formula is C16H22N4O. The minimum Gasteiger partial charge on any atom is -0.496 e. The smallest absolute Gasteiger partial charge is 0.128 e. The van der Waals surface area contributed by atoms with Crippen molar-refractivity contribution in [3.63, 3.8) is 0 Å². The first-order valence-electron chi connectivity index (χ1n) is 7.00. The van der Waals surface area contributed by atoms with Crippen LogP contribution < -0.4 is 16.0 Å². The molecule has 0 aliphatic heterocycles. The largest absolute Gasteiger partial charge is 0.496 e. The molecule has 0 fully saturated rings. The predicted molar refractivity (Wildman–Crippen MR) is 83.0 cm³/mol. The zero-order valence-electron chi connectivity index (χ0n) is 12.8. The summed E-state index contributed by atoms with van der Waals surface area (Å²) in [5.41, 5.74) is 6.98. The van der Waals surface area contributed by atoms with E-state index in [1.54, 1.807) is 13.3 Å². The van der Waals surface area contributed by atoms with Gasteiger partial charge in [-0.05, 0) is 26.0 Å². The average molecular weight is 286 g/mol.